The summed E-state index contributed by atoms with van der Waals surface area (Å²) >= 11 is 0. The van der Waals surface area contributed by atoms with Crippen LogP contribution >= 0.6 is 0 Å². The molecule has 0 bridgehead atoms. The van der Waals surface area contributed by atoms with Crippen molar-refractivity contribution < 1.29 is 14.5 Å². The molecule has 0 saturated carbocycles. The molecule has 0 aromatic heterocycles. The fraction of sp³-hybridized carbons (Fsp3) is 0.105. The number of esters is 1. The maximum atomic E-state index is 12.1. The van der Waals surface area contributed by atoms with Gasteiger partial charge >= 0.3 is 5.97 Å². The van der Waals surface area contributed by atoms with Crippen molar-refractivity contribution in [3.8, 4) is 0 Å². The summed E-state index contributed by atoms with van der Waals surface area (Å²) in [6.07, 6.45) is 0.127. The van der Waals surface area contributed by atoms with E-state index in [1.807, 2.05) is 42.5 Å². The first-order chi connectivity index (χ1) is 11.6. The zero-order chi connectivity index (χ0) is 16.9. The molecule has 5 nitrogen and oxygen atoms in total. The molecule has 0 aliphatic heterocycles. The number of nitrogens with zero attached hydrogens (tertiary/aromatic N) is 1. The molecule has 0 aliphatic carbocycles. The van der Waals surface area contributed by atoms with E-state index in [9.17, 15) is 14.9 Å². The summed E-state index contributed by atoms with van der Waals surface area (Å²) in [5.74, 6) is -0.412. The van der Waals surface area contributed by atoms with Crippen LogP contribution in [0.3, 0.4) is 0 Å². The number of benzene rings is 3. The van der Waals surface area contributed by atoms with Gasteiger partial charge in [0.05, 0.1) is 16.9 Å². The van der Waals surface area contributed by atoms with Crippen LogP contribution in [0, 0.1) is 10.1 Å². The minimum absolute atomic E-state index is 0.0459. The van der Waals surface area contributed by atoms with Gasteiger partial charge in [-0.2, -0.15) is 0 Å². The number of hydrogen-bond donors (Lipinski definition) is 0. The van der Waals surface area contributed by atoms with E-state index < -0.39 is 10.9 Å². The lowest BCUT2D eigenvalue weighted by atomic mass is 10.0. The van der Waals surface area contributed by atoms with Gasteiger partial charge < -0.3 is 4.74 Å². The quantitative estimate of drug-likeness (QED) is 0.404. The topological polar surface area (TPSA) is 69.4 Å². The van der Waals surface area contributed by atoms with Crippen LogP contribution in [0.1, 0.15) is 11.1 Å². The second-order valence-electron chi connectivity index (χ2n) is 5.36. The smallest absolute Gasteiger partial charge is 0.310 e. The second kappa shape index (κ2) is 6.91. The van der Waals surface area contributed by atoms with Crippen molar-refractivity contribution in [2.45, 2.75) is 13.0 Å². The molecule has 0 spiro atoms. The molecule has 0 radical (unpaired) electrons. The second-order valence-corrected chi connectivity index (χ2v) is 5.36. The van der Waals surface area contributed by atoms with Gasteiger partial charge in [-0.3, -0.25) is 14.9 Å². The van der Waals surface area contributed by atoms with Gasteiger partial charge in [0.25, 0.3) is 5.69 Å². The van der Waals surface area contributed by atoms with Crippen molar-refractivity contribution in [2.24, 2.45) is 0 Å². The molecule has 0 amide bonds. The molecule has 0 fully saturated rings. The van der Waals surface area contributed by atoms with Crippen molar-refractivity contribution in [3.63, 3.8) is 0 Å². The molecule has 3 aromatic rings. The number of para-hydroxylation sites is 1. The van der Waals surface area contributed by atoms with Crippen LogP contribution in [-0.2, 0) is 22.6 Å². The van der Waals surface area contributed by atoms with Crippen molar-refractivity contribution in [3.05, 3.63) is 88.0 Å². The lowest BCUT2D eigenvalue weighted by Gasteiger charge is -2.08. The number of fused-ring (bicyclic) bond motifs is 1. The Bertz CT molecular complexity index is 899. The summed E-state index contributed by atoms with van der Waals surface area (Å²) in [5.41, 5.74) is 1.21. The van der Waals surface area contributed by atoms with Crippen molar-refractivity contribution >= 4 is 22.4 Å². The maximum Gasteiger partial charge on any atom is 0.310 e. The Balaban J connectivity index is 1.71. The molecular weight excluding hydrogens is 306 g/mol. The summed E-state index contributed by atoms with van der Waals surface area (Å²) < 4.78 is 5.23. The highest BCUT2D eigenvalue weighted by Gasteiger charge is 2.14. The van der Waals surface area contributed by atoms with E-state index in [2.05, 4.69) is 0 Å². The Morgan fingerprint density at radius 2 is 1.58 bits per heavy atom. The van der Waals surface area contributed by atoms with Gasteiger partial charge in [0.1, 0.15) is 6.61 Å². The maximum absolute atomic E-state index is 12.1. The zero-order valence-electron chi connectivity index (χ0n) is 12.8. The number of rotatable bonds is 5. The lowest BCUT2D eigenvalue weighted by molar-refractivity contribution is -0.385. The van der Waals surface area contributed by atoms with E-state index in [0.29, 0.717) is 5.56 Å². The third-order valence-corrected chi connectivity index (χ3v) is 3.79. The van der Waals surface area contributed by atoms with E-state index in [0.717, 1.165) is 16.3 Å². The Labute approximate surface area is 138 Å². The summed E-state index contributed by atoms with van der Waals surface area (Å²) in [7, 11) is 0. The molecule has 120 valence electrons. The van der Waals surface area contributed by atoms with Crippen LogP contribution in [0.15, 0.2) is 66.7 Å². The molecule has 3 aromatic carbocycles. The Kier molecular flexibility index (Phi) is 4.52. The van der Waals surface area contributed by atoms with E-state index in [4.69, 9.17) is 4.74 Å². The first-order valence-corrected chi connectivity index (χ1v) is 7.50. The highest BCUT2D eigenvalue weighted by atomic mass is 16.6. The molecular formula is C19H15NO4. The van der Waals surface area contributed by atoms with Gasteiger partial charge in [0.2, 0.25) is 0 Å². The molecule has 24 heavy (non-hydrogen) atoms. The van der Waals surface area contributed by atoms with Crippen LogP contribution < -0.4 is 0 Å². The average Bonchev–Trinajstić information content (AvgIpc) is 2.60. The molecule has 0 aliphatic rings. The molecule has 0 saturated heterocycles. The summed E-state index contributed by atoms with van der Waals surface area (Å²) in [5, 5.41) is 13.0. The minimum Gasteiger partial charge on any atom is -0.460 e. The van der Waals surface area contributed by atoms with Crippen LogP contribution in [0.2, 0.25) is 0 Å². The number of nitro groups is 1. The van der Waals surface area contributed by atoms with Gasteiger partial charge in [0, 0.05) is 6.07 Å². The molecule has 0 N–H and O–H groups in total. The average molecular weight is 321 g/mol. The Morgan fingerprint density at radius 3 is 2.42 bits per heavy atom. The highest BCUT2D eigenvalue weighted by molar-refractivity contribution is 5.88. The highest BCUT2D eigenvalue weighted by Crippen LogP contribution is 2.21. The van der Waals surface area contributed by atoms with E-state index in [1.54, 1.807) is 18.2 Å². The normalized spacial score (nSPS) is 10.5. The fourth-order valence-electron chi connectivity index (χ4n) is 2.62. The minimum atomic E-state index is -0.478. The van der Waals surface area contributed by atoms with Crippen LogP contribution in [0.4, 0.5) is 5.69 Å². The van der Waals surface area contributed by atoms with Gasteiger partial charge in [-0.15, -0.1) is 0 Å². The van der Waals surface area contributed by atoms with Gasteiger partial charge in [0.15, 0.2) is 0 Å². The third kappa shape index (κ3) is 3.41. The van der Waals surface area contributed by atoms with E-state index in [1.165, 1.54) is 6.07 Å². The van der Waals surface area contributed by atoms with Gasteiger partial charge in [-0.25, -0.2) is 0 Å². The zero-order valence-corrected chi connectivity index (χ0v) is 12.8. The lowest BCUT2D eigenvalue weighted by Crippen LogP contribution is -2.09. The van der Waals surface area contributed by atoms with Crippen LogP contribution in [0.25, 0.3) is 10.8 Å². The predicted octanol–water partition coefficient (Wildman–Crippen LogP) is 4.03. The standard InChI is InChI=1S/C19H15NO4/c21-19(24-13-16-7-2-4-11-18(16)20(22)23)12-15-9-5-8-14-6-1-3-10-17(14)15/h1-11H,12-13H2. The molecule has 5 heteroatoms. The van der Waals surface area contributed by atoms with Gasteiger partial charge in [-0.1, -0.05) is 54.6 Å². The SMILES string of the molecule is O=C(Cc1cccc2ccccc12)OCc1ccccc1[N+](=O)[O-]. The van der Waals surface area contributed by atoms with Crippen molar-refractivity contribution in [1.82, 2.24) is 0 Å². The molecule has 0 atom stereocenters. The van der Waals surface area contributed by atoms with Crippen LogP contribution in [-0.4, -0.2) is 10.9 Å². The molecule has 0 heterocycles. The number of carbonyl (C=O) groups excluding carboxylic acids is 1. The Hall–Kier alpha value is -3.21. The Morgan fingerprint density at radius 1 is 0.917 bits per heavy atom. The first kappa shape index (κ1) is 15.7. The monoisotopic (exact) mass is 321 g/mol. The number of hydrogen-bond acceptors (Lipinski definition) is 4. The number of ether oxygens (including phenoxy) is 1. The van der Waals surface area contributed by atoms with E-state index in [-0.39, 0.29) is 18.7 Å². The predicted molar refractivity (Wildman–Crippen MR) is 90.5 cm³/mol. The van der Waals surface area contributed by atoms with E-state index >= 15 is 0 Å². The van der Waals surface area contributed by atoms with Crippen LogP contribution in [0.5, 0.6) is 0 Å². The summed E-state index contributed by atoms with van der Waals surface area (Å²) in [6, 6.07) is 19.8. The van der Waals surface area contributed by atoms with Crippen molar-refractivity contribution in [2.75, 3.05) is 0 Å². The molecule has 0 unspecified atom stereocenters. The number of carbonyl (C=O) groups is 1. The third-order valence-electron chi connectivity index (χ3n) is 3.79. The molecule has 3 rings (SSSR count). The summed E-state index contributed by atoms with van der Waals surface area (Å²) in [6.45, 7) is -0.110. The summed E-state index contributed by atoms with van der Waals surface area (Å²) in [4.78, 5) is 22.6. The largest absolute Gasteiger partial charge is 0.460 e. The fourth-order valence-corrected chi connectivity index (χ4v) is 2.62. The van der Waals surface area contributed by atoms with Gasteiger partial charge in [-0.05, 0) is 22.4 Å². The number of nitro benzene ring substituents is 1. The first-order valence-electron chi connectivity index (χ1n) is 7.50. The van der Waals surface area contributed by atoms with Crippen molar-refractivity contribution in [1.29, 1.82) is 0 Å².